The molecule has 0 aromatic rings. The highest BCUT2D eigenvalue weighted by atomic mass is 16.6. The van der Waals surface area contributed by atoms with Crippen LogP contribution in [-0.2, 0) is 28.6 Å². The Morgan fingerprint density at radius 1 is 0.323 bits per heavy atom. The van der Waals surface area contributed by atoms with Gasteiger partial charge in [-0.3, -0.25) is 14.4 Å². The maximum absolute atomic E-state index is 12.8. The number of rotatable bonds is 51. The van der Waals surface area contributed by atoms with Crippen molar-refractivity contribution in [3.05, 3.63) is 48.6 Å². The highest BCUT2D eigenvalue weighted by Crippen LogP contribution is 2.16. The van der Waals surface area contributed by atoms with Crippen LogP contribution < -0.4 is 0 Å². The molecular formula is C59H106O6. The van der Waals surface area contributed by atoms with Gasteiger partial charge in [0.05, 0.1) is 0 Å². The van der Waals surface area contributed by atoms with E-state index in [4.69, 9.17) is 14.2 Å². The molecule has 1 unspecified atom stereocenters. The van der Waals surface area contributed by atoms with E-state index in [0.29, 0.717) is 19.3 Å². The molecule has 0 saturated heterocycles. The molecule has 0 aliphatic rings. The molecule has 0 aromatic heterocycles. The first kappa shape index (κ1) is 62.4. The van der Waals surface area contributed by atoms with Crippen molar-refractivity contribution in [1.29, 1.82) is 0 Å². The van der Waals surface area contributed by atoms with E-state index in [0.717, 1.165) is 96.3 Å². The van der Waals surface area contributed by atoms with E-state index in [1.807, 2.05) is 0 Å². The molecule has 6 heteroatoms. The minimum absolute atomic E-state index is 0.0787. The molecule has 0 rings (SSSR count). The van der Waals surface area contributed by atoms with Crippen LogP contribution in [0.2, 0.25) is 0 Å². The molecule has 0 amide bonds. The summed E-state index contributed by atoms with van der Waals surface area (Å²) in [5.41, 5.74) is 0. The maximum Gasteiger partial charge on any atom is 0.306 e. The second kappa shape index (κ2) is 54.0. The molecule has 0 aliphatic heterocycles. The summed E-state index contributed by atoms with van der Waals surface area (Å²) in [5, 5.41) is 0. The molecule has 0 bridgehead atoms. The van der Waals surface area contributed by atoms with Crippen LogP contribution in [0.15, 0.2) is 48.6 Å². The van der Waals surface area contributed by atoms with E-state index in [2.05, 4.69) is 69.4 Å². The summed E-state index contributed by atoms with van der Waals surface area (Å²) >= 11 is 0. The summed E-state index contributed by atoms with van der Waals surface area (Å²) in [6.07, 6.45) is 65.2. The first-order valence-electron chi connectivity index (χ1n) is 28.1. The van der Waals surface area contributed by atoms with Gasteiger partial charge in [0, 0.05) is 19.3 Å². The number of esters is 3. The molecule has 0 fully saturated rings. The molecule has 1 atom stereocenters. The maximum atomic E-state index is 12.8. The van der Waals surface area contributed by atoms with Crippen molar-refractivity contribution in [2.45, 2.75) is 297 Å². The van der Waals surface area contributed by atoms with Crippen LogP contribution in [0.3, 0.4) is 0 Å². The van der Waals surface area contributed by atoms with Crippen molar-refractivity contribution in [3.63, 3.8) is 0 Å². The Kier molecular flexibility index (Phi) is 51.8. The van der Waals surface area contributed by atoms with Crippen LogP contribution in [0.25, 0.3) is 0 Å². The van der Waals surface area contributed by atoms with Crippen molar-refractivity contribution in [2.75, 3.05) is 13.2 Å². The Labute approximate surface area is 403 Å². The van der Waals surface area contributed by atoms with E-state index in [-0.39, 0.29) is 31.1 Å². The monoisotopic (exact) mass is 911 g/mol. The molecule has 0 aliphatic carbocycles. The number of carbonyl (C=O) groups is 3. The summed E-state index contributed by atoms with van der Waals surface area (Å²) in [6, 6.07) is 0. The lowest BCUT2D eigenvalue weighted by Crippen LogP contribution is -2.30. The van der Waals surface area contributed by atoms with Crippen molar-refractivity contribution in [2.24, 2.45) is 0 Å². The van der Waals surface area contributed by atoms with E-state index < -0.39 is 6.10 Å². The van der Waals surface area contributed by atoms with Gasteiger partial charge >= 0.3 is 17.9 Å². The number of carbonyl (C=O) groups excluding carboxylic acids is 3. The van der Waals surface area contributed by atoms with Crippen LogP contribution >= 0.6 is 0 Å². The number of hydrogen-bond donors (Lipinski definition) is 0. The molecule has 0 spiro atoms. The third-order valence-corrected chi connectivity index (χ3v) is 12.3. The normalized spacial score (nSPS) is 12.4. The minimum atomic E-state index is -0.781. The summed E-state index contributed by atoms with van der Waals surface area (Å²) in [4.78, 5) is 38.1. The SMILES string of the molecule is CC/C=C\C/C=C\C/C=C\CCCCCCCC(=O)OC(COC(=O)CCCCCCCCC/C=C\CCCCCCCCC)COC(=O)CCCCCCCCCCCCCCCC. The van der Waals surface area contributed by atoms with E-state index in [1.165, 1.54) is 154 Å². The van der Waals surface area contributed by atoms with Crippen molar-refractivity contribution in [3.8, 4) is 0 Å². The van der Waals surface area contributed by atoms with Gasteiger partial charge in [0.1, 0.15) is 13.2 Å². The van der Waals surface area contributed by atoms with Crippen LogP contribution in [0.4, 0.5) is 0 Å². The van der Waals surface area contributed by atoms with E-state index in [1.54, 1.807) is 0 Å². The molecule has 0 radical (unpaired) electrons. The van der Waals surface area contributed by atoms with Gasteiger partial charge in [-0.05, 0) is 77.0 Å². The Morgan fingerprint density at radius 2 is 0.600 bits per heavy atom. The zero-order valence-corrected chi connectivity index (χ0v) is 43.3. The molecule has 378 valence electrons. The predicted octanol–water partition coefficient (Wildman–Crippen LogP) is 18.7. The zero-order chi connectivity index (χ0) is 47.2. The van der Waals surface area contributed by atoms with E-state index in [9.17, 15) is 14.4 Å². The highest BCUT2D eigenvalue weighted by molar-refractivity contribution is 5.71. The summed E-state index contributed by atoms with van der Waals surface area (Å²) < 4.78 is 16.8. The van der Waals surface area contributed by atoms with Gasteiger partial charge < -0.3 is 14.2 Å². The van der Waals surface area contributed by atoms with Gasteiger partial charge in [0.15, 0.2) is 6.10 Å². The minimum Gasteiger partial charge on any atom is -0.462 e. The van der Waals surface area contributed by atoms with Crippen LogP contribution in [0, 0.1) is 0 Å². The molecular weight excluding hydrogens is 805 g/mol. The van der Waals surface area contributed by atoms with Gasteiger partial charge in [-0.2, -0.15) is 0 Å². The lowest BCUT2D eigenvalue weighted by Gasteiger charge is -2.18. The Balaban J connectivity index is 4.37. The molecule has 6 nitrogen and oxygen atoms in total. The summed E-state index contributed by atoms with van der Waals surface area (Å²) in [5.74, 6) is -0.887. The van der Waals surface area contributed by atoms with Crippen LogP contribution in [-0.4, -0.2) is 37.2 Å². The topological polar surface area (TPSA) is 78.9 Å². The standard InChI is InChI=1S/C59H106O6/c1-4-7-10-13-16-19-22-25-28-29-30-32-34-37-40-43-46-49-52-58(61)64-55-56(54-63-57(60)51-48-45-42-39-36-33-27-24-21-18-15-12-9-6-3)65-59(62)53-50-47-44-41-38-35-31-26-23-20-17-14-11-8-5-2/h8,11,17,20,26,28-29,31,56H,4-7,9-10,12-16,18-19,21-25,27,30,32-55H2,1-3H3/b11-8-,20-17-,29-28-,31-26-. The van der Waals surface area contributed by atoms with Gasteiger partial charge in [-0.25, -0.2) is 0 Å². The quantitative estimate of drug-likeness (QED) is 0.0262. The van der Waals surface area contributed by atoms with Gasteiger partial charge in [-0.1, -0.05) is 243 Å². The molecule has 0 aromatic carbocycles. The molecule has 0 N–H and O–H groups in total. The Bertz CT molecular complexity index is 1140. The molecule has 65 heavy (non-hydrogen) atoms. The Morgan fingerprint density at radius 3 is 0.954 bits per heavy atom. The first-order chi connectivity index (χ1) is 32.0. The van der Waals surface area contributed by atoms with Crippen molar-refractivity contribution >= 4 is 17.9 Å². The second-order valence-corrected chi connectivity index (χ2v) is 18.8. The third-order valence-electron chi connectivity index (χ3n) is 12.3. The van der Waals surface area contributed by atoms with Gasteiger partial charge in [0.25, 0.3) is 0 Å². The predicted molar refractivity (Wildman–Crippen MR) is 279 cm³/mol. The summed E-state index contributed by atoms with van der Waals surface area (Å²) in [6.45, 7) is 6.54. The second-order valence-electron chi connectivity index (χ2n) is 18.8. The first-order valence-corrected chi connectivity index (χ1v) is 28.1. The smallest absolute Gasteiger partial charge is 0.306 e. The van der Waals surface area contributed by atoms with Gasteiger partial charge in [0.2, 0.25) is 0 Å². The fourth-order valence-electron chi connectivity index (χ4n) is 8.10. The largest absolute Gasteiger partial charge is 0.462 e. The lowest BCUT2D eigenvalue weighted by molar-refractivity contribution is -0.167. The average Bonchev–Trinajstić information content (AvgIpc) is 3.30. The van der Waals surface area contributed by atoms with Crippen molar-refractivity contribution < 1.29 is 28.6 Å². The van der Waals surface area contributed by atoms with Gasteiger partial charge in [-0.15, -0.1) is 0 Å². The number of allylic oxidation sites excluding steroid dienone is 8. The highest BCUT2D eigenvalue weighted by Gasteiger charge is 2.19. The lowest BCUT2D eigenvalue weighted by atomic mass is 10.0. The number of hydrogen-bond acceptors (Lipinski definition) is 6. The molecule has 0 saturated carbocycles. The van der Waals surface area contributed by atoms with Crippen molar-refractivity contribution in [1.82, 2.24) is 0 Å². The third kappa shape index (κ3) is 52.2. The zero-order valence-electron chi connectivity index (χ0n) is 43.3. The van der Waals surface area contributed by atoms with Crippen LogP contribution in [0.1, 0.15) is 290 Å². The van der Waals surface area contributed by atoms with E-state index >= 15 is 0 Å². The fourth-order valence-corrected chi connectivity index (χ4v) is 8.10. The number of unbranched alkanes of at least 4 members (excludes halogenated alkanes) is 32. The summed E-state index contributed by atoms with van der Waals surface area (Å²) in [7, 11) is 0. The molecule has 0 heterocycles. The van der Waals surface area contributed by atoms with Crippen LogP contribution in [0.5, 0.6) is 0 Å². The fraction of sp³-hybridized carbons (Fsp3) is 0.814. The average molecular weight is 911 g/mol. The Hall–Kier alpha value is -2.63. The number of ether oxygens (including phenoxy) is 3.